The summed E-state index contributed by atoms with van der Waals surface area (Å²) < 4.78 is 11.3. The third-order valence-electron chi connectivity index (χ3n) is 4.80. The minimum Gasteiger partial charge on any atom is -0.490 e. The summed E-state index contributed by atoms with van der Waals surface area (Å²) in [7, 11) is 0. The number of amides is 3. The first-order valence-corrected chi connectivity index (χ1v) is 8.70. The van der Waals surface area contributed by atoms with Crippen LogP contribution in [0.4, 0.5) is 4.79 Å². The molecule has 2 N–H and O–H groups in total. The molecule has 0 saturated carbocycles. The standard InChI is InChI=1S/C19H19N3O5/c1-19(12-5-6-15-16(10-12)27-9-3-8-26-15)17(24)22(18(25)21-19)11-14(23)13-4-2-7-20-13/h2,4-7,10,20H,3,8-9,11H2,1H3,(H,21,25)/t19-/m0/s1. The van der Waals surface area contributed by atoms with Crippen LogP contribution in [0.2, 0.25) is 0 Å². The van der Waals surface area contributed by atoms with Crippen molar-refractivity contribution in [2.45, 2.75) is 18.9 Å². The highest BCUT2D eigenvalue weighted by atomic mass is 16.5. The second-order valence-corrected chi connectivity index (χ2v) is 6.67. The van der Waals surface area contributed by atoms with Gasteiger partial charge in [0, 0.05) is 12.6 Å². The first-order valence-electron chi connectivity index (χ1n) is 8.70. The minimum atomic E-state index is -1.28. The lowest BCUT2D eigenvalue weighted by molar-refractivity contribution is -0.130. The fourth-order valence-electron chi connectivity index (χ4n) is 3.24. The Morgan fingerprint density at radius 1 is 1.19 bits per heavy atom. The number of nitrogens with one attached hydrogen (secondary N) is 2. The molecule has 0 bridgehead atoms. The molecule has 8 heteroatoms. The number of Topliss-reactive ketones (excluding diaryl/α,β-unsaturated/α-hetero) is 1. The number of hydrogen-bond donors (Lipinski definition) is 2. The molecule has 0 radical (unpaired) electrons. The number of nitrogens with zero attached hydrogens (tertiary/aromatic N) is 1. The molecule has 1 atom stereocenters. The number of hydrogen-bond acceptors (Lipinski definition) is 5. The van der Waals surface area contributed by atoms with Crippen LogP contribution in [0.15, 0.2) is 36.5 Å². The maximum atomic E-state index is 13.0. The number of urea groups is 1. The van der Waals surface area contributed by atoms with Crippen molar-refractivity contribution in [2.24, 2.45) is 0 Å². The van der Waals surface area contributed by atoms with E-state index in [1.54, 1.807) is 43.5 Å². The van der Waals surface area contributed by atoms with E-state index in [0.717, 1.165) is 11.3 Å². The number of carbonyl (C=O) groups is 3. The van der Waals surface area contributed by atoms with Crippen LogP contribution in [0, 0.1) is 0 Å². The lowest BCUT2D eigenvalue weighted by Crippen LogP contribution is -2.41. The predicted molar refractivity (Wildman–Crippen MR) is 94.8 cm³/mol. The fraction of sp³-hybridized carbons (Fsp3) is 0.316. The first-order chi connectivity index (χ1) is 13.0. The van der Waals surface area contributed by atoms with E-state index in [4.69, 9.17) is 9.47 Å². The molecule has 1 aromatic carbocycles. The Morgan fingerprint density at radius 2 is 1.96 bits per heavy atom. The van der Waals surface area contributed by atoms with Crippen molar-refractivity contribution in [3.63, 3.8) is 0 Å². The molecule has 3 heterocycles. The number of ketones is 1. The summed E-state index contributed by atoms with van der Waals surface area (Å²) in [5.41, 5.74) is -0.364. The molecule has 4 rings (SSSR count). The lowest BCUT2D eigenvalue weighted by Gasteiger charge is -2.23. The SMILES string of the molecule is C[C@@]1(c2ccc3c(c2)OCCCO3)NC(=O)N(CC(=O)c2ccc[nH]2)C1=O. The zero-order valence-corrected chi connectivity index (χ0v) is 14.8. The van der Waals surface area contributed by atoms with Crippen molar-refractivity contribution in [3.05, 3.63) is 47.8 Å². The zero-order valence-electron chi connectivity index (χ0n) is 14.8. The number of imide groups is 1. The van der Waals surface area contributed by atoms with Gasteiger partial charge in [0.05, 0.1) is 25.5 Å². The lowest BCUT2D eigenvalue weighted by atomic mass is 9.91. The number of H-pyrrole nitrogens is 1. The largest absolute Gasteiger partial charge is 0.490 e. The summed E-state index contributed by atoms with van der Waals surface area (Å²) in [6, 6.07) is 7.84. The van der Waals surface area contributed by atoms with E-state index >= 15 is 0 Å². The van der Waals surface area contributed by atoms with Crippen LogP contribution >= 0.6 is 0 Å². The second kappa shape index (κ2) is 6.46. The Hall–Kier alpha value is -3.29. The summed E-state index contributed by atoms with van der Waals surface area (Å²) in [6.07, 6.45) is 2.38. The molecule has 1 saturated heterocycles. The summed E-state index contributed by atoms with van der Waals surface area (Å²) >= 11 is 0. The normalized spacial score (nSPS) is 21.7. The highest BCUT2D eigenvalue weighted by Gasteiger charge is 2.49. The van der Waals surface area contributed by atoms with Crippen molar-refractivity contribution in [1.29, 1.82) is 0 Å². The van der Waals surface area contributed by atoms with Gasteiger partial charge in [0.15, 0.2) is 17.3 Å². The van der Waals surface area contributed by atoms with Gasteiger partial charge in [-0.1, -0.05) is 6.07 Å². The fourth-order valence-corrected chi connectivity index (χ4v) is 3.24. The highest BCUT2D eigenvalue weighted by molar-refractivity contribution is 6.11. The van der Waals surface area contributed by atoms with Crippen molar-refractivity contribution >= 4 is 17.7 Å². The molecular weight excluding hydrogens is 350 g/mol. The van der Waals surface area contributed by atoms with Gasteiger partial charge in [0.25, 0.3) is 5.91 Å². The number of ether oxygens (including phenoxy) is 2. The molecule has 2 aliphatic heterocycles. The summed E-state index contributed by atoms with van der Waals surface area (Å²) in [4.78, 5) is 41.4. The average Bonchev–Trinajstić information content (AvgIpc) is 3.18. The van der Waals surface area contributed by atoms with Gasteiger partial charge >= 0.3 is 6.03 Å². The van der Waals surface area contributed by atoms with Crippen LogP contribution in [-0.2, 0) is 10.3 Å². The Labute approximate surface area is 155 Å². The Bertz CT molecular complexity index is 908. The number of carbonyl (C=O) groups excluding carboxylic acids is 3. The first kappa shape index (κ1) is 17.1. The molecular formula is C19H19N3O5. The quantitative estimate of drug-likeness (QED) is 0.632. The number of benzene rings is 1. The van der Waals surface area contributed by atoms with Crippen molar-refractivity contribution in [1.82, 2.24) is 15.2 Å². The van der Waals surface area contributed by atoms with Crippen LogP contribution in [0.1, 0.15) is 29.4 Å². The zero-order chi connectivity index (χ0) is 19.0. The Morgan fingerprint density at radius 3 is 2.70 bits per heavy atom. The van der Waals surface area contributed by atoms with Crippen LogP contribution in [0.25, 0.3) is 0 Å². The van der Waals surface area contributed by atoms with Gasteiger partial charge in [0.2, 0.25) is 0 Å². The van der Waals surface area contributed by atoms with Crippen LogP contribution in [0.5, 0.6) is 11.5 Å². The third kappa shape index (κ3) is 2.92. The van der Waals surface area contributed by atoms with Gasteiger partial charge in [-0.05, 0) is 36.8 Å². The molecule has 27 heavy (non-hydrogen) atoms. The summed E-state index contributed by atoms with van der Waals surface area (Å²) in [5, 5.41) is 2.70. The molecule has 140 valence electrons. The molecule has 3 amide bonds. The molecule has 0 aliphatic carbocycles. The molecule has 0 spiro atoms. The van der Waals surface area contributed by atoms with Crippen molar-refractivity contribution in [2.75, 3.05) is 19.8 Å². The maximum absolute atomic E-state index is 13.0. The second-order valence-electron chi connectivity index (χ2n) is 6.67. The summed E-state index contributed by atoms with van der Waals surface area (Å²) in [6.45, 7) is 2.37. The van der Waals surface area contributed by atoms with Gasteiger partial charge in [-0.15, -0.1) is 0 Å². The van der Waals surface area contributed by atoms with E-state index in [-0.39, 0.29) is 12.3 Å². The molecule has 2 aliphatic rings. The van der Waals surface area contributed by atoms with Gasteiger partial charge in [-0.3, -0.25) is 14.5 Å². The van der Waals surface area contributed by atoms with Gasteiger partial charge < -0.3 is 19.8 Å². The smallest absolute Gasteiger partial charge is 0.325 e. The third-order valence-corrected chi connectivity index (χ3v) is 4.80. The van der Waals surface area contributed by atoms with E-state index < -0.39 is 17.5 Å². The minimum absolute atomic E-state index is 0.328. The van der Waals surface area contributed by atoms with Crippen molar-refractivity contribution in [3.8, 4) is 11.5 Å². The summed E-state index contributed by atoms with van der Waals surface area (Å²) in [5.74, 6) is 0.317. The van der Waals surface area contributed by atoms with E-state index in [0.29, 0.717) is 36.0 Å². The molecule has 1 aromatic heterocycles. The van der Waals surface area contributed by atoms with E-state index in [9.17, 15) is 14.4 Å². The Kier molecular flexibility index (Phi) is 4.10. The van der Waals surface area contributed by atoms with Gasteiger partial charge in [-0.25, -0.2) is 4.79 Å². The highest BCUT2D eigenvalue weighted by Crippen LogP contribution is 2.36. The predicted octanol–water partition coefficient (Wildman–Crippen LogP) is 1.83. The van der Waals surface area contributed by atoms with Gasteiger partial charge in [0.1, 0.15) is 5.54 Å². The van der Waals surface area contributed by atoms with Crippen LogP contribution < -0.4 is 14.8 Å². The monoisotopic (exact) mass is 369 g/mol. The van der Waals surface area contributed by atoms with E-state index in [1.165, 1.54) is 0 Å². The van der Waals surface area contributed by atoms with Crippen LogP contribution in [0.3, 0.4) is 0 Å². The number of aromatic nitrogens is 1. The molecule has 1 fully saturated rings. The van der Waals surface area contributed by atoms with E-state index in [2.05, 4.69) is 10.3 Å². The molecule has 2 aromatic rings. The topological polar surface area (TPSA) is 101 Å². The number of rotatable bonds is 4. The van der Waals surface area contributed by atoms with Crippen molar-refractivity contribution < 1.29 is 23.9 Å². The molecule has 0 unspecified atom stereocenters. The van der Waals surface area contributed by atoms with E-state index in [1.807, 2.05) is 0 Å². The average molecular weight is 369 g/mol. The number of aromatic amines is 1. The maximum Gasteiger partial charge on any atom is 0.325 e. The molecule has 8 nitrogen and oxygen atoms in total. The Balaban J connectivity index is 1.60. The van der Waals surface area contributed by atoms with Crippen LogP contribution in [-0.4, -0.2) is 47.4 Å². The van der Waals surface area contributed by atoms with Gasteiger partial charge in [-0.2, -0.15) is 0 Å². The number of fused-ring (bicyclic) bond motifs is 1.